The Morgan fingerprint density at radius 1 is 0.963 bits per heavy atom. The van der Waals surface area contributed by atoms with Gasteiger partial charge in [-0.2, -0.15) is 9.41 Å². The molecule has 0 saturated carbocycles. The molecule has 1 saturated heterocycles. The maximum absolute atomic E-state index is 12.7. The smallest absolute Gasteiger partial charge is 0.267 e. The van der Waals surface area contributed by atoms with Crippen molar-refractivity contribution in [3.8, 4) is 0 Å². The second-order valence-corrected chi connectivity index (χ2v) is 8.82. The Kier molecular flexibility index (Phi) is 4.80. The maximum atomic E-state index is 12.7. The number of nitrogens with zero attached hydrogens (tertiary/aromatic N) is 2. The van der Waals surface area contributed by atoms with Crippen molar-refractivity contribution in [2.24, 2.45) is 5.10 Å². The number of carbonyl (C=O) groups excluding carboxylic acids is 1. The molecule has 0 bridgehead atoms. The Labute approximate surface area is 158 Å². The summed E-state index contributed by atoms with van der Waals surface area (Å²) in [6, 6.07) is 14.3. The van der Waals surface area contributed by atoms with Gasteiger partial charge in [-0.25, -0.2) is 13.8 Å². The summed E-state index contributed by atoms with van der Waals surface area (Å²) in [7, 11) is -3.54. The maximum Gasteiger partial charge on any atom is 0.271 e. The second-order valence-electron chi connectivity index (χ2n) is 6.88. The summed E-state index contributed by atoms with van der Waals surface area (Å²) in [5.41, 5.74) is 6.20. The van der Waals surface area contributed by atoms with E-state index < -0.39 is 15.9 Å². The molecular weight excluding hydrogens is 362 g/mol. The number of hydrogen-bond donors (Lipinski definition) is 1. The summed E-state index contributed by atoms with van der Waals surface area (Å²) in [4.78, 5) is 12.6. The molecular formula is C20H21N3O3S. The highest BCUT2D eigenvalue weighted by Crippen LogP contribution is 2.22. The SMILES string of the molecule is O=C(NN=C1Cc2ccccc2C1)c1cccc(S(=O)(=O)N2CCCC2)c1. The average molecular weight is 383 g/mol. The molecule has 0 atom stereocenters. The zero-order valence-corrected chi connectivity index (χ0v) is 15.7. The number of hydrazone groups is 1. The predicted octanol–water partition coefficient (Wildman–Crippen LogP) is 2.36. The van der Waals surface area contributed by atoms with Crippen molar-refractivity contribution in [1.29, 1.82) is 0 Å². The lowest BCUT2D eigenvalue weighted by Gasteiger charge is -2.15. The molecule has 0 spiro atoms. The van der Waals surface area contributed by atoms with Gasteiger partial charge >= 0.3 is 0 Å². The summed E-state index contributed by atoms with van der Waals surface area (Å²) in [6.07, 6.45) is 3.19. The van der Waals surface area contributed by atoms with E-state index in [2.05, 4.69) is 22.7 Å². The van der Waals surface area contributed by atoms with Crippen molar-refractivity contribution in [1.82, 2.24) is 9.73 Å². The summed E-state index contributed by atoms with van der Waals surface area (Å²) in [5.74, 6) is -0.406. The van der Waals surface area contributed by atoms with E-state index in [1.807, 2.05) is 12.1 Å². The Morgan fingerprint density at radius 2 is 1.63 bits per heavy atom. The van der Waals surface area contributed by atoms with Gasteiger partial charge in [-0.1, -0.05) is 30.3 Å². The Balaban J connectivity index is 1.48. The van der Waals surface area contributed by atoms with E-state index in [9.17, 15) is 13.2 Å². The first-order valence-electron chi connectivity index (χ1n) is 9.07. The van der Waals surface area contributed by atoms with Crippen molar-refractivity contribution < 1.29 is 13.2 Å². The molecule has 1 N–H and O–H groups in total. The van der Waals surface area contributed by atoms with Crippen LogP contribution in [0.4, 0.5) is 0 Å². The van der Waals surface area contributed by atoms with Crippen molar-refractivity contribution in [3.05, 3.63) is 65.2 Å². The van der Waals surface area contributed by atoms with Gasteiger partial charge in [0.15, 0.2) is 0 Å². The number of amides is 1. The van der Waals surface area contributed by atoms with E-state index >= 15 is 0 Å². The molecule has 6 nitrogen and oxygen atoms in total. The van der Waals surface area contributed by atoms with Gasteiger partial charge in [0.05, 0.1) is 4.90 Å². The van der Waals surface area contributed by atoms with Crippen LogP contribution in [0.15, 0.2) is 58.5 Å². The molecule has 1 fully saturated rings. The largest absolute Gasteiger partial charge is 0.271 e. The fraction of sp³-hybridized carbons (Fsp3) is 0.300. The highest BCUT2D eigenvalue weighted by atomic mass is 32.2. The third-order valence-electron chi connectivity index (χ3n) is 5.02. The van der Waals surface area contributed by atoms with Crippen LogP contribution in [0.2, 0.25) is 0 Å². The van der Waals surface area contributed by atoms with E-state index in [4.69, 9.17) is 0 Å². The van der Waals surface area contributed by atoms with Crippen LogP contribution in [-0.4, -0.2) is 37.4 Å². The van der Waals surface area contributed by atoms with Crippen molar-refractivity contribution in [2.75, 3.05) is 13.1 Å². The highest BCUT2D eigenvalue weighted by Gasteiger charge is 2.27. The monoisotopic (exact) mass is 383 g/mol. The summed E-state index contributed by atoms with van der Waals surface area (Å²) >= 11 is 0. The van der Waals surface area contributed by atoms with E-state index in [1.165, 1.54) is 27.6 Å². The van der Waals surface area contributed by atoms with Crippen molar-refractivity contribution >= 4 is 21.6 Å². The van der Waals surface area contributed by atoms with Crippen LogP contribution in [0.25, 0.3) is 0 Å². The predicted molar refractivity (Wildman–Crippen MR) is 103 cm³/mol. The molecule has 140 valence electrons. The topological polar surface area (TPSA) is 78.8 Å². The van der Waals surface area contributed by atoms with Gasteiger partial charge in [0.2, 0.25) is 10.0 Å². The zero-order chi connectivity index (χ0) is 18.9. The molecule has 1 amide bonds. The number of fused-ring (bicyclic) bond motifs is 1. The Morgan fingerprint density at radius 3 is 2.30 bits per heavy atom. The summed E-state index contributed by atoms with van der Waals surface area (Å²) < 4.78 is 26.8. The van der Waals surface area contributed by atoms with E-state index in [1.54, 1.807) is 12.1 Å². The molecule has 2 aliphatic rings. The summed E-state index contributed by atoms with van der Waals surface area (Å²) in [5, 5.41) is 4.24. The number of nitrogens with one attached hydrogen (secondary N) is 1. The van der Waals surface area contributed by atoms with E-state index in [0.717, 1.165) is 31.4 Å². The summed E-state index contributed by atoms with van der Waals surface area (Å²) in [6.45, 7) is 1.07. The molecule has 1 aliphatic carbocycles. The van der Waals surface area contributed by atoms with E-state index in [0.29, 0.717) is 13.1 Å². The van der Waals surface area contributed by atoms with Crippen molar-refractivity contribution in [2.45, 2.75) is 30.6 Å². The Bertz CT molecular complexity index is 982. The number of carbonyl (C=O) groups is 1. The second kappa shape index (κ2) is 7.25. The normalized spacial score (nSPS) is 17.0. The molecule has 1 heterocycles. The average Bonchev–Trinajstić information content (AvgIpc) is 3.36. The number of sulfonamides is 1. The molecule has 0 aromatic heterocycles. The van der Waals surface area contributed by atoms with Crippen LogP contribution in [0.3, 0.4) is 0 Å². The lowest BCUT2D eigenvalue weighted by atomic mass is 10.1. The highest BCUT2D eigenvalue weighted by molar-refractivity contribution is 7.89. The standard InChI is InChI=1S/C20H21N3O3S/c24-20(22-21-18-12-15-6-1-2-7-16(15)13-18)17-8-5-9-19(14-17)27(25,26)23-10-3-4-11-23/h1-2,5-9,14H,3-4,10-13H2,(H,22,24). The molecule has 2 aromatic rings. The number of rotatable bonds is 4. The van der Waals surface area contributed by atoms with Gasteiger partial charge < -0.3 is 0 Å². The van der Waals surface area contributed by atoms with Gasteiger partial charge in [-0.05, 0) is 42.2 Å². The quantitative estimate of drug-likeness (QED) is 0.823. The Hall–Kier alpha value is -2.51. The fourth-order valence-electron chi connectivity index (χ4n) is 3.55. The van der Waals surface area contributed by atoms with Crippen LogP contribution in [0.1, 0.15) is 34.3 Å². The third-order valence-corrected chi connectivity index (χ3v) is 6.92. The number of benzene rings is 2. The fourth-order valence-corrected chi connectivity index (χ4v) is 5.12. The van der Waals surface area contributed by atoms with Gasteiger partial charge in [0.1, 0.15) is 0 Å². The zero-order valence-electron chi connectivity index (χ0n) is 14.9. The number of hydrogen-bond acceptors (Lipinski definition) is 4. The molecule has 2 aromatic carbocycles. The van der Waals surface area contributed by atoms with Gasteiger partial charge in [0, 0.05) is 37.2 Å². The van der Waals surface area contributed by atoms with Gasteiger partial charge in [-0.3, -0.25) is 4.79 Å². The van der Waals surface area contributed by atoms with E-state index in [-0.39, 0.29) is 10.5 Å². The molecule has 1 aliphatic heterocycles. The first-order valence-corrected chi connectivity index (χ1v) is 10.5. The van der Waals surface area contributed by atoms with Crippen LogP contribution in [-0.2, 0) is 22.9 Å². The molecule has 27 heavy (non-hydrogen) atoms. The molecule has 0 radical (unpaired) electrons. The van der Waals surface area contributed by atoms with Crippen LogP contribution < -0.4 is 5.43 Å². The lowest BCUT2D eigenvalue weighted by molar-refractivity contribution is 0.0954. The van der Waals surface area contributed by atoms with Crippen LogP contribution in [0.5, 0.6) is 0 Å². The minimum atomic E-state index is -3.54. The van der Waals surface area contributed by atoms with Gasteiger partial charge in [-0.15, -0.1) is 0 Å². The minimum absolute atomic E-state index is 0.151. The first-order chi connectivity index (χ1) is 13.0. The first kappa shape index (κ1) is 17.9. The minimum Gasteiger partial charge on any atom is -0.267 e. The van der Waals surface area contributed by atoms with Crippen LogP contribution >= 0.6 is 0 Å². The molecule has 4 rings (SSSR count). The van der Waals surface area contributed by atoms with Gasteiger partial charge in [0.25, 0.3) is 5.91 Å². The van der Waals surface area contributed by atoms with Crippen molar-refractivity contribution in [3.63, 3.8) is 0 Å². The third kappa shape index (κ3) is 3.65. The van der Waals surface area contributed by atoms with Crippen LogP contribution in [0, 0.1) is 0 Å². The lowest BCUT2D eigenvalue weighted by Crippen LogP contribution is -2.28. The molecule has 0 unspecified atom stereocenters. The molecule has 7 heteroatoms.